The number of fused-ring (bicyclic) bond motifs is 1. The van der Waals surface area contributed by atoms with Crippen LogP contribution in [0.15, 0.2) is 55.4 Å². The van der Waals surface area contributed by atoms with Crippen LogP contribution in [0.25, 0.3) is 11.0 Å². The molecule has 3 N–H and O–H groups in total. The summed E-state index contributed by atoms with van der Waals surface area (Å²) in [6.45, 7) is 0.724. The van der Waals surface area contributed by atoms with Gasteiger partial charge in [-0.05, 0) is 30.7 Å². The van der Waals surface area contributed by atoms with Crippen LogP contribution in [0.3, 0.4) is 0 Å². The van der Waals surface area contributed by atoms with E-state index in [1.54, 1.807) is 6.92 Å². The summed E-state index contributed by atoms with van der Waals surface area (Å²) in [5.74, 6) is -1.16. The molecule has 0 atom stereocenters. The molecule has 39 heavy (non-hydrogen) atoms. The lowest BCUT2D eigenvalue weighted by Crippen LogP contribution is -2.37. The number of aliphatic hydroxyl groups excluding tert-OH is 2. The van der Waals surface area contributed by atoms with Gasteiger partial charge in [-0.1, -0.05) is 6.07 Å². The Morgan fingerprint density at radius 2 is 1.85 bits per heavy atom. The van der Waals surface area contributed by atoms with Crippen molar-refractivity contribution >= 4 is 28.4 Å². The second-order valence-electron chi connectivity index (χ2n) is 8.99. The van der Waals surface area contributed by atoms with Crippen molar-refractivity contribution < 1.29 is 33.0 Å². The Bertz CT molecular complexity index is 1610. The Kier molecular flexibility index (Phi) is 7.44. The number of nitriles is 1. The maximum atomic E-state index is 13.4. The van der Waals surface area contributed by atoms with Crippen molar-refractivity contribution in [1.82, 2.24) is 19.5 Å². The number of nitrogens with one attached hydrogen (secondary N) is 1. The van der Waals surface area contributed by atoms with Gasteiger partial charge in [-0.25, -0.2) is 9.97 Å². The molecule has 200 valence electrons. The number of ketones is 1. The zero-order valence-corrected chi connectivity index (χ0v) is 20.4. The molecule has 0 unspecified atom stereocenters. The lowest BCUT2D eigenvalue weighted by Gasteiger charge is -2.27. The summed E-state index contributed by atoms with van der Waals surface area (Å²) in [5, 5.41) is 31.5. The Balaban J connectivity index is 1.59. The second-order valence-corrected chi connectivity index (χ2v) is 8.99. The van der Waals surface area contributed by atoms with Crippen LogP contribution in [-0.2, 0) is 22.9 Å². The van der Waals surface area contributed by atoms with Crippen molar-refractivity contribution in [3.63, 3.8) is 0 Å². The van der Waals surface area contributed by atoms with Crippen LogP contribution in [-0.4, -0.2) is 54.6 Å². The minimum Gasteiger partial charge on any atom is -0.394 e. The number of hydrogen-bond acceptors (Lipinski definition) is 8. The number of rotatable bonds is 8. The minimum atomic E-state index is -4.75. The van der Waals surface area contributed by atoms with Crippen LogP contribution in [0, 0.1) is 11.3 Å². The smallest absolute Gasteiger partial charge is 0.394 e. The number of alkyl halides is 3. The summed E-state index contributed by atoms with van der Waals surface area (Å²) in [6, 6.07) is 5.86. The number of nitrogens with zero attached hydrogens (tertiary/aromatic N) is 5. The molecule has 1 aromatic carbocycles. The molecule has 0 spiro atoms. The average molecular weight is 538 g/mol. The molecule has 0 aliphatic heterocycles. The predicted molar refractivity (Wildman–Crippen MR) is 132 cm³/mol. The molecule has 3 heterocycles. The van der Waals surface area contributed by atoms with Gasteiger partial charge in [-0.3, -0.25) is 14.6 Å². The number of aromatic nitrogens is 4. The fraction of sp³-hybridized carbons (Fsp3) is 0.231. The van der Waals surface area contributed by atoms with E-state index in [2.05, 4.69) is 20.3 Å². The molecule has 3 aromatic heterocycles. The van der Waals surface area contributed by atoms with Crippen molar-refractivity contribution in [3.05, 3.63) is 83.2 Å². The van der Waals surface area contributed by atoms with Crippen molar-refractivity contribution in [2.24, 2.45) is 0 Å². The zero-order chi connectivity index (χ0) is 28.4. The number of carbonyl (C=O) groups excluding carboxylic acids is 2. The van der Waals surface area contributed by atoms with Crippen LogP contribution >= 0.6 is 0 Å². The molecule has 4 aromatic rings. The summed E-state index contributed by atoms with van der Waals surface area (Å²) in [7, 11) is 0. The molecular formula is C26H21F3N6O4. The van der Waals surface area contributed by atoms with E-state index >= 15 is 0 Å². The first-order chi connectivity index (χ1) is 18.5. The third kappa shape index (κ3) is 5.47. The molecule has 0 aliphatic rings. The van der Waals surface area contributed by atoms with Crippen LogP contribution in [0.1, 0.15) is 39.5 Å². The maximum absolute atomic E-state index is 13.4. The van der Waals surface area contributed by atoms with Gasteiger partial charge in [0, 0.05) is 29.5 Å². The van der Waals surface area contributed by atoms with Gasteiger partial charge in [0.05, 0.1) is 59.8 Å². The zero-order valence-electron chi connectivity index (χ0n) is 20.4. The summed E-state index contributed by atoms with van der Waals surface area (Å²) >= 11 is 0. The SMILES string of the molecule is CC(CO)(CO)n1cc(C(=O)c2cncc(NC(=O)Cc3ccc(C#N)c(C(F)(F)F)c3)c2)c2cncnc21. The van der Waals surface area contributed by atoms with E-state index in [1.807, 2.05) is 0 Å². The summed E-state index contributed by atoms with van der Waals surface area (Å²) in [6.07, 6.45) is 1.52. The lowest BCUT2D eigenvalue weighted by molar-refractivity contribution is -0.137. The molecule has 0 radical (unpaired) electrons. The van der Waals surface area contributed by atoms with Crippen molar-refractivity contribution in [3.8, 4) is 6.07 Å². The average Bonchev–Trinajstić information content (AvgIpc) is 3.32. The van der Waals surface area contributed by atoms with E-state index in [9.17, 15) is 33.0 Å². The summed E-state index contributed by atoms with van der Waals surface area (Å²) < 4.78 is 41.2. The monoisotopic (exact) mass is 538 g/mol. The molecular weight excluding hydrogens is 517 g/mol. The highest BCUT2D eigenvalue weighted by atomic mass is 19.4. The molecule has 4 rings (SSSR count). The second kappa shape index (κ2) is 10.6. The number of aliphatic hydroxyl groups is 2. The molecule has 0 bridgehead atoms. The third-order valence-corrected chi connectivity index (χ3v) is 6.13. The predicted octanol–water partition coefficient (Wildman–Crippen LogP) is 2.83. The number of hydrogen-bond donors (Lipinski definition) is 3. The van der Waals surface area contributed by atoms with Gasteiger partial charge in [0.25, 0.3) is 0 Å². The van der Waals surface area contributed by atoms with Gasteiger partial charge in [0.15, 0.2) is 5.78 Å². The number of carbonyl (C=O) groups is 2. The van der Waals surface area contributed by atoms with E-state index in [-0.39, 0.29) is 22.4 Å². The number of anilines is 1. The highest BCUT2D eigenvalue weighted by molar-refractivity contribution is 6.16. The van der Waals surface area contributed by atoms with E-state index < -0.39 is 54.2 Å². The van der Waals surface area contributed by atoms with Gasteiger partial charge in [0.1, 0.15) is 12.0 Å². The molecule has 13 heteroatoms. The van der Waals surface area contributed by atoms with Crippen molar-refractivity contribution in [2.45, 2.75) is 25.1 Å². The summed E-state index contributed by atoms with van der Waals surface area (Å²) in [5.41, 5.74) is -2.09. The number of pyridine rings is 1. The minimum absolute atomic E-state index is 0.0441. The van der Waals surface area contributed by atoms with E-state index in [0.717, 1.165) is 12.1 Å². The van der Waals surface area contributed by atoms with E-state index in [1.165, 1.54) is 53.9 Å². The lowest BCUT2D eigenvalue weighted by atomic mass is 10.0. The van der Waals surface area contributed by atoms with Gasteiger partial charge >= 0.3 is 6.18 Å². The quantitative estimate of drug-likeness (QED) is 0.290. The molecule has 0 saturated heterocycles. The standard InChI is InChI=1S/C26H21F3N6O4/c1-25(12-36,13-37)35-11-20(19-10-32-14-33-24(19)35)23(39)17-6-18(9-31-8-17)34-22(38)5-15-2-3-16(7-30)21(4-15)26(27,28)29/h2-4,6,8-11,14,36-37H,5,12-13H2,1H3,(H,34,38). The molecule has 1 amide bonds. The summed E-state index contributed by atoms with van der Waals surface area (Å²) in [4.78, 5) is 38.1. The first kappa shape index (κ1) is 27.4. The van der Waals surface area contributed by atoms with Crippen LogP contribution in [0.4, 0.5) is 18.9 Å². The van der Waals surface area contributed by atoms with Gasteiger partial charge < -0.3 is 20.1 Å². The third-order valence-electron chi connectivity index (χ3n) is 6.13. The maximum Gasteiger partial charge on any atom is 0.417 e. The van der Waals surface area contributed by atoms with Crippen LogP contribution in [0.2, 0.25) is 0 Å². The molecule has 0 fully saturated rings. The number of halogens is 3. The Hall–Kier alpha value is -4.67. The van der Waals surface area contributed by atoms with Crippen molar-refractivity contribution in [2.75, 3.05) is 18.5 Å². The number of benzene rings is 1. The first-order valence-electron chi connectivity index (χ1n) is 11.4. The fourth-order valence-electron chi connectivity index (χ4n) is 3.97. The van der Waals surface area contributed by atoms with E-state index in [4.69, 9.17) is 5.26 Å². The van der Waals surface area contributed by atoms with E-state index in [0.29, 0.717) is 11.0 Å². The Labute approximate surface area is 219 Å². The highest BCUT2D eigenvalue weighted by Gasteiger charge is 2.34. The topological polar surface area (TPSA) is 154 Å². The van der Waals surface area contributed by atoms with Gasteiger partial charge in [-0.2, -0.15) is 18.4 Å². The van der Waals surface area contributed by atoms with Crippen LogP contribution in [0.5, 0.6) is 0 Å². The van der Waals surface area contributed by atoms with Gasteiger partial charge in [-0.15, -0.1) is 0 Å². The van der Waals surface area contributed by atoms with Crippen molar-refractivity contribution in [1.29, 1.82) is 5.26 Å². The molecule has 10 nitrogen and oxygen atoms in total. The number of amides is 1. The highest BCUT2D eigenvalue weighted by Crippen LogP contribution is 2.33. The normalized spacial score (nSPS) is 11.8. The Morgan fingerprint density at radius 3 is 2.51 bits per heavy atom. The Morgan fingerprint density at radius 1 is 1.10 bits per heavy atom. The fourth-order valence-corrected chi connectivity index (χ4v) is 3.97. The molecule has 0 saturated carbocycles. The largest absolute Gasteiger partial charge is 0.417 e. The van der Waals surface area contributed by atoms with Gasteiger partial charge in [0.2, 0.25) is 5.91 Å². The van der Waals surface area contributed by atoms with Crippen LogP contribution < -0.4 is 5.32 Å². The first-order valence-corrected chi connectivity index (χ1v) is 11.4. The molecule has 0 aliphatic carbocycles.